The number of H-pyrrole nitrogens is 2. The van der Waals surface area contributed by atoms with Crippen molar-refractivity contribution in [1.29, 1.82) is 0 Å². The van der Waals surface area contributed by atoms with Gasteiger partial charge >= 0.3 is 5.97 Å². The fourth-order valence-corrected chi connectivity index (χ4v) is 19.3. The summed E-state index contributed by atoms with van der Waals surface area (Å²) in [6, 6.07) is -0.473. The molecule has 6 aliphatic carbocycles. The molecule has 418 valence electrons. The molecule has 22 atom stereocenters. The van der Waals surface area contributed by atoms with Crippen LogP contribution in [0, 0.1) is 79.3 Å². The van der Waals surface area contributed by atoms with Crippen LogP contribution in [-0.2, 0) is 25.5 Å². The van der Waals surface area contributed by atoms with Gasteiger partial charge in [0.05, 0.1) is 48.9 Å². The van der Waals surface area contributed by atoms with E-state index >= 15 is 0 Å². The summed E-state index contributed by atoms with van der Waals surface area (Å²) in [6.45, 7) is 9.60. The number of ether oxygens (including phenoxy) is 2. The van der Waals surface area contributed by atoms with E-state index in [-0.39, 0.29) is 55.8 Å². The van der Waals surface area contributed by atoms with Crippen molar-refractivity contribution in [2.24, 2.45) is 85.1 Å². The van der Waals surface area contributed by atoms with Gasteiger partial charge in [-0.25, -0.2) is 9.97 Å². The minimum Gasteiger partial charge on any atom is -0.481 e. The molecule has 7 fully saturated rings. The molecule has 19 heteroatoms. The van der Waals surface area contributed by atoms with Crippen LogP contribution in [0.5, 0.6) is 0 Å². The Morgan fingerprint density at radius 3 is 2.21 bits per heavy atom. The van der Waals surface area contributed by atoms with Crippen molar-refractivity contribution in [2.75, 3.05) is 26.4 Å². The van der Waals surface area contributed by atoms with Crippen molar-refractivity contribution >= 4 is 11.9 Å². The first kappa shape index (κ1) is 55.0. The summed E-state index contributed by atoms with van der Waals surface area (Å²) in [4.78, 5) is 44.6. The summed E-state index contributed by atoms with van der Waals surface area (Å²) in [5.41, 5.74) is 2.52. The molecule has 0 aromatic carbocycles. The Morgan fingerprint density at radius 2 is 1.59 bits per heavy atom. The zero-order chi connectivity index (χ0) is 53.8. The van der Waals surface area contributed by atoms with Crippen molar-refractivity contribution in [3.8, 4) is 0 Å². The zero-order valence-electron chi connectivity index (χ0n) is 44.5. The minimum absolute atomic E-state index is 0.0477. The highest BCUT2D eigenvalue weighted by molar-refractivity contribution is 5.86. The first-order valence-corrected chi connectivity index (χ1v) is 28.0. The van der Waals surface area contributed by atoms with Crippen LogP contribution < -0.4 is 11.1 Å². The number of amides is 1. The SMILES string of the molecule is CC1(CO)CCC2(C(=O)O)C(C1)C1=CCC3C4(C)C(CC5C(C(CCC(N)O)c6cnc[nH]6)NC(=O)C56CCCC6)C(O)C(OC5OCC(O)C(O)C5O)C(C)(CO)C4CCC3(C)C1(C)C(Cc1cnc[nH]1)C2CO. The smallest absolute Gasteiger partial charge is 0.310 e. The van der Waals surface area contributed by atoms with E-state index < -0.39 is 123 Å². The molecular formula is C56H86N6O13. The Hall–Kier alpha value is -3.34. The Labute approximate surface area is 439 Å². The quantitative estimate of drug-likeness (QED) is 0.0693. The standard InChI is InChI=1S/C56H86N6O13/c1-50(25-64)16-17-56(49(72)73)35(20-50)31-9-10-40-52(3,54(31,5)32(36(56)23-63)18-29-21-58-27-60-29)15-12-39-51(2,26-65)46(75-47-45(70)44(69)38(66)24-74-47)43(68)34(53(39,40)4)19-33-42(62-48(71)55(33)13-6-7-14-55)30(8-11-41(57)67)37-22-59-28-61-37/h9,21-22,27-28,30,32-36,38-47,63-70H,6-8,10-20,23-26,57H2,1-5H3,(H,58,60)(H,59,61)(H,62,71)(H,72,73). The fraction of sp³-hybridized carbons (Fsp3) is 0.821. The van der Waals surface area contributed by atoms with Gasteiger partial charge in [-0.1, -0.05) is 59.1 Å². The number of aliphatic hydroxyl groups is 8. The number of aliphatic hydroxyl groups excluding tert-OH is 8. The molecule has 10 rings (SSSR count). The van der Waals surface area contributed by atoms with E-state index in [9.17, 15) is 55.5 Å². The van der Waals surface area contributed by atoms with Gasteiger partial charge in [0.15, 0.2) is 6.29 Å². The van der Waals surface area contributed by atoms with Gasteiger partial charge in [-0.15, -0.1) is 0 Å². The van der Waals surface area contributed by atoms with Gasteiger partial charge in [0.25, 0.3) is 0 Å². The molecule has 22 unspecified atom stereocenters. The van der Waals surface area contributed by atoms with Crippen LogP contribution in [0.4, 0.5) is 0 Å². The van der Waals surface area contributed by atoms with Crippen LogP contribution in [0.3, 0.4) is 0 Å². The Kier molecular flexibility index (Phi) is 14.5. The second kappa shape index (κ2) is 19.8. The number of carbonyl (C=O) groups excluding carboxylic acids is 1. The molecule has 1 amide bonds. The molecule has 0 bridgehead atoms. The first-order chi connectivity index (χ1) is 35.6. The average molecular weight is 1050 g/mol. The Bertz CT molecular complexity index is 2400. The van der Waals surface area contributed by atoms with Crippen LogP contribution >= 0.6 is 0 Å². The largest absolute Gasteiger partial charge is 0.481 e. The number of rotatable bonds is 15. The number of hydrogen-bond acceptors (Lipinski definition) is 15. The van der Waals surface area contributed by atoms with Gasteiger partial charge in [0.2, 0.25) is 5.91 Å². The van der Waals surface area contributed by atoms with Gasteiger partial charge in [-0.3, -0.25) is 9.59 Å². The number of carboxylic acids is 1. The second-order valence-electron chi connectivity index (χ2n) is 26.3. The third kappa shape index (κ3) is 8.03. The van der Waals surface area contributed by atoms with E-state index in [2.05, 4.69) is 52.1 Å². The summed E-state index contributed by atoms with van der Waals surface area (Å²) >= 11 is 0. The molecule has 5 saturated carbocycles. The summed E-state index contributed by atoms with van der Waals surface area (Å²) in [5, 5.41) is 107. The van der Waals surface area contributed by atoms with E-state index in [0.29, 0.717) is 70.6 Å². The summed E-state index contributed by atoms with van der Waals surface area (Å²) < 4.78 is 12.7. The number of aromatic nitrogens is 4. The highest BCUT2D eigenvalue weighted by atomic mass is 16.7. The van der Waals surface area contributed by atoms with Crippen molar-refractivity contribution in [1.82, 2.24) is 25.3 Å². The summed E-state index contributed by atoms with van der Waals surface area (Å²) in [7, 11) is 0. The third-order valence-electron chi connectivity index (χ3n) is 23.3. The maximum absolute atomic E-state index is 14.9. The highest BCUT2D eigenvalue weighted by Crippen LogP contribution is 2.79. The van der Waals surface area contributed by atoms with E-state index in [1.807, 2.05) is 13.8 Å². The number of nitrogens with two attached hydrogens (primary N) is 1. The molecule has 2 aromatic rings. The molecule has 0 radical (unpaired) electrons. The maximum atomic E-state index is 14.9. The zero-order valence-corrected chi connectivity index (χ0v) is 44.5. The van der Waals surface area contributed by atoms with Gasteiger partial charge in [-0.2, -0.15) is 0 Å². The molecule has 2 aromatic heterocycles. The summed E-state index contributed by atoms with van der Waals surface area (Å²) in [6.07, 6.45) is 6.54. The topological polar surface area (TPSA) is 330 Å². The number of imidazole rings is 2. The molecule has 2 saturated heterocycles. The van der Waals surface area contributed by atoms with Crippen LogP contribution in [0.1, 0.15) is 135 Å². The molecule has 4 heterocycles. The van der Waals surface area contributed by atoms with Gasteiger partial charge in [0.1, 0.15) is 24.5 Å². The predicted octanol–water partition coefficient (Wildman–Crippen LogP) is 2.88. The maximum Gasteiger partial charge on any atom is 0.310 e. The number of carbonyl (C=O) groups is 2. The summed E-state index contributed by atoms with van der Waals surface area (Å²) in [5.74, 6) is -4.57. The van der Waals surface area contributed by atoms with Gasteiger partial charge in [-0.05, 0) is 134 Å². The number of nitrogens with one attached hydrogen (secondary N) is 3. The average Bonchev–Trinajstić information content (AvgIpc) is 4.24. The Balaban J connectivity index is 1.17. The lowest BCUT2D eigenvalue weighted by Crippen LogP contribution is -2.74. The van der Waals surface area contributed by atoms with Crippen LogP contribution in [0.2, 0.25) is 0 Å². The number of allylic oxidation sites excluding steroid dienone is 2. The van der Waals surface area contributed by atoms with Crippen molar-refractivity contribution in [3.63, 3.8) is 0 Å². The molecule has 2 aliphatic heterocycles. The molecular weight excluding hydrogens is 965 g/mol. The second-order valence-corrected chi connectivity index (χ2v) is 26.3. The number of hydrogen-bond donors (Lipinski definition) is 13. The fourth-order valence-electron chi connectivity index (χ4n) is 19.3. The lowest BCUT2D eigenvalue weighted by molar-refractivity contribution is -0.341. The van der Waals surface area contributed by atoms with Crippen molar-refractivity contribution in [3.05, 3.63) is 48.1 Å². The highest BCUT2D eigenvalue weighted by Gasteiger charge is 2.77. The van der Waals surface area contributed by atoms with E-state index in [0.717, 1.165) is 29.8 Å². The van der Waals surface area contributed by atoms with Crippen LogP contribution in [0.15, 0.2) is 36.7 Å². The van der Waals surface area contributed by atoms with Gasteiger partial charge in [0, 0.05) is 60.3 Å². The molecule has 8 aliphatic rings. The van der Waals surface area contributed by atoms with E-state index in [1.54, 1.807) is 25.0 Å². The van der Waals surface area contributed by atoms with Crippen LogP contribution in [0.25, 0.3) is 0 Å². The van der Waals surface area contributed by atoms with Crippen molar-refractivity contribution < 1.29 is 65.0 Å². The number of aromatic amines is 2. The molecule has 1 spiro atoms. The normalized spacial score (nSPS) is 47.0. The monoisotopic (exact) mass is 1050 g/mol. The minimum atomic E-state index is -1.68. The Morgan fingerprint density at radius 1 is 0.867 bits per heavy atom. The number of nitrogens with zero attached hydrogens (tertiary/aromatic N) is 2. The number of carboxylic acid groups (broad SMARTS) is 1. The van der Waals surface area contributed by atoms with Crippen LogP contribution in [-0.4, -0.2) is 153 Å². The third-order valence-corrected chi connectivity index (χ3v) is 23.3. The van der Waals surface area contributed by atoms with Crippen molar-refractivity contribution in [2.45, 2.75) is 180 Å². The molecule has 19 nitrogen and oxygen atoms in total. The number of aliphatic carboxylic acids is 1. The number of fused-ring (bicyclic) bond motifs is 7. The lowest BCUT2D eigenvalue weighted by Gasteiger charge is -2.75. The van der Waals surface area contributed by atoms with Gasteiger partial charge < -0.3 is 76.5 Å². The van der Waals surface area contributed by atoms with E-state index in [4.69, 9.17) is 15.2 Å². The predicted molar refractivity (Wildman–Crippen MR) is 271 cm³/mol. The van der Waals surface area contributed by atoms with E-state index in [1.165, 1.54) is 0 Å². The molecule has 75 heavy (non-hydrogen) atoms. The molecule has 14 N–H and O–H groups in total. The first-order valence-electron chi connectivity index (χ1n) is 28.0. The lowest BCUT2D eigenvalue weighted by atomic mass is 9.29.